The van der Waals surface area contributed by atoms with E-state index in [9.17, 15) is 9.59 Å². The van der Waals surface area contributed by atoms with Crippen LogP contribution in [0.25, 0.3) is 0 Å². The lowest BCUT2D eigenvalue weighted by Crippen LogP contribution is -2.43. The average molecular weight is 308 g/mol. The van der Waals surface area contributed by atoms with Crippen molar-refractivity contribution in [3.05, 3.63) is 21.4 Å². The van der Waals surface area contributed by atoms with Crippen molar-refractivity contribution in [2.75, 3.05) is 0 Å². The van der Waals surface area contributed by atoms with Crippen LogP contribution in [0.15, 0.2) is 6.07 Å². The molecule has 1 unspecified atom stereocenters. The molecule has 0 saturated carbocycles. The molecule has 0 radical (unpaired) electrons. The SMILES string of the molecule is CCC(C)C(=O)NNC(=O)c1cc2c(s1)CCCCCC2. The third kappa shape index (κ3) is 4.30. The molecule has 0 bridgehead atoms. The third-order valence-corrected chi connectivity index (χ3v) is 5.32. The summed E-state index contributed by atoms with van der Waals surface area (Å²) < 4.78 is 0. The maximum Gasteiger partial charge on any atom is 0.279 e. The first kappa shape index (κ1) is 16.0. The minimum Gasteiger partial charge on any atom is -0.273 e. The molecule has 116 valence electrons. The summed E-state index contributed by atoms with van der Waals surface area (Å²) in [7, 11) is 0. The second-order valence-electron chi connectivity index (χ2n) is 5.73. The van der Waals surface area contributed by atoms with Crippen LogP contribution in [0.4, 0.5) is 0 Å². The monoisotopic (exact) mass is 308 g/mol. The molecule has 1 atom stereocenters. The number of fused-ring (bicyclic) bond motifs is 1. The van der Waals surface area contributed by atoms with Gasteiger partial charge in [-0.25, -0.2) is 0 Å². The topological polar surface area (TPSA) is 58.2 Å². The van der Waals surface area contributed by atoms with Gasteiger partial charge in [0.15, 0.2) is 0 Å². The summed E-state index contributed by atoms with van der Waals surface area (Å²) in [5.74, 6) is -0.432. The van der Waals surface area contributed by atoms with E-state index in [1.807, 2.05) is 19.9 Å². The molecular weight excluding hydrogens is 284 g/mol. The van der Waals surface area contributed by atoms with E-state index in [-0.39, 0.29) is 17.7 Å². The maximum absolute atomic E-state index is 12.1. The number of hydrogen-bond acceptors (Lipinski definition) is 3. The summed E-state index contributed by atoms with van der Waals surface area (Å²) in [4.78, 5) is 25.8. The number of nitrogens with one attached hydrogen (secondary N) is 2. The van der Waals surface area contributed by atoms with Crippen molar-refractivity contribution in [3.8, 4) is 0 Å². The Morgan fingerprint density at radius 3 is 2.62 bits per heavy atom. The van der Waals surface area contributed by atoms with Gasteiger partial charge in [-0.1, -0.05) is 26.7 Å². The lowest BCUT2D eigenvalue weighted by molar-refractivity contribution is -0.125. The van der Waals surface area contributed by atoms with Crippen LogP contribution in [0.2, 0.25) is 0 Å². The molecule has 1 aromatic heterocycles. The number of carbonyl (C=O) groups excluding carboxylic acids is 2. The number of hydrazine groups is 1. The molecule has 21 heavy (non-hydrogen) atoms. The molecule has 0 aromatic carbocycles. The van der Waals surface area contributed by atoms with Gasteiger partial charge in [0.05, 0.1) is 4.88 Å². The van der Waals surface area contributed by atoms with Gasteiger partial charge in [0.1, 0.15) is 0 Å². The Morgan fingerprint density at radius 1 is 1.19 bits per heavy atom. The molecule has 1 heterocycles. The first-order chi connectivity index (χ1) is 10.1. The summed E-state index contributed by atoms with van der Waals surface area (Å²) in [6, 6.07) is 2.00. The van der Waals surface area contributed by atoms with Gasteiger partial charge in [-0.15, -0.1) is 11.3 Å². The van der Waals surface area contributed by atoms with Gasteiger partial charge >= 0.3 is 0 Å². The number of amides is 2. The number of thiophene rings is 1. The minimum absolute atomic E-state index is 0.0890. The van der Waals surface area contributed by atoms with Crippen molar-refractivity contribution in [3.63, 3.8) is 0 Å². The van der Waals surface area contributed by atoms with Crippen LogP contribution < -0.4 is 10.9 Å². The van der Waals surface area contributed by atoms with Gasteiger partial charge in [-0.3, -0.25) is 20.4 Å². The number of aryl methyl sites for hydroxylation is 2. The second-order valence-corrected chi connectivity index (χ2v) is 6.86. The summed E-state index contributed by atoms with van der Waals surface area (Å²) in [6.45, 7) is 3.80. The number of carbonyl (C=O) groups is 2. The van der Waals surface area contributed by atoms with Gasteiger partial charge in [0.25, 0.3) is 5.91 Å². The Kier molecular flexibility index (Phi) is 5.79. The van der Waals surface area contributed by atoms with E-state index >= 15 is 0 Å². The van der Waals surface area contributed by atoms with E-state index in [0.717, 1.165) is 19.3 Å². The van der Waals surface area contributed by atoms with Crippen LogP contribution in [-0.4, -0.2) is 11.8 Å². The van der Waals surface area contributed by atoms with Crippen LogP contribution >= 0.6 is 11.3 Å². The Bertz CT molecular complexity index is 485. The van der Waals surface area contributed by atoms with Gasteiger partial charge < -0.3 is 0 Å². The summed E-state index contributed by atoms with van der Waals surface area (Å²) >= 11 is 1.57. The predicted octanol–water partition coefficient (Wildman–Crippen LogP) is 3.21. The zero-order valence-electron chi connectivity index (χ0n) is 12.8. The highest BCUT2D eigenvalue weighted by atomic mass is 32.1. The molecule has 0 spiro atoms. The quantitative estimate of drug-likeness (QED) is 0.842. The molecule has 1 aromatic rings. The zero-order chi connectivity index (χ0) is 15.2. The van der Waals surface area contributed by atoms with Gasteiger partial charge in [-0.2, -0.15) is 0 Å². The maximum atomic E-state index is 12.1. The van der Waals surface area contributed by atoms with Crippen molar-refractivity contribution in [2.45, 2.75) is 58.8 Å². The fourth-order valence-corrected chi connectivity index (χ4v) is 3.59. The van der Waals surface area contributed by atoms with Crippen LogP contribution in [0.3, 0.4) is 0 Å². The highest BCUT2D eigenvalue weighted by Gasteiger charge is 2.17. The molecule has 5 heteroatoms. The fourth-order valence-electron chi connectivity index (χ4n) is 2.44. The first-order valence-corrected chi connectivity index (χ1v) is 8.65. The summed E-state index contributed by atoms with van der Waals surface area (Å²) in [5, 5.41) is 0. The Hall–Kier alpha value is -1.36. The van der Waals surface area contributed by atoms with Crippen molar-refractivity contribution in [2.24, 2.45) is 5.92 Å². The van der Waals surface area contributed by atoms with Gasteiger partial charge in [0.2, 0.25) is 5.91 Å². The number of hydrogen-bond donors (Lipinski definition) is 2. The van der Waals surface area contributed by atoms with E-state index in [0.29, 0.717) is 4.88 Å². The molecule has 0 fully saturated rings. The molecule has 1 aliphatic carbocycles. The predicted molar refractivity (Wildman–Crippen MR) is 85.3 cm³/mol. The largest absolute Gasteiger partial charge is 0.279 e. The summed E-state index contributed by atoms with van der Waals surface area (Å²) in [6.07, 6.45) is 7.88. The van der Waals surface area contributed by atoms with Crippen LogP contribution in [0.1, 0.15) is 66.1 Å². The van der Waals surface area contributed by atoms with Crippen LogP contribution in [-0.2, 0) is 17.6 Å². The molecule has 0 saturated heterocycles. The van der Waals surface area contributed by atoms with Crippen LogP contribution in [0.5, 0.6) is 0 Å². The minimum atomic E-state index is -0.205. The van der Waals surface area contributed by atoms with Crippen molar-refractivity contribution in [1.29, 1.82) is 0 Å². The average Bonchev–Trinajstić information content (AvgIpc) is 2.85. The smallest absolute Gasteiger partial charge is 0.273 e. The summed E-state index contributed by atoms with van der Waals surface area (Å²) in [5.41, 5.74) is 6.35. The van der Waals surface area contributed by atoms with Crippen molar-refractivity contribution in [1.82, 2.24) is 10.9 Å². The molecule has 1 aliphatic rings. The first-order valence-electron chi connectivity index (χ1n) is 7.83. The van der Waals surface area contributed by atoms with Gasteiger partial charge in [0, 0.05) is 10.8 Å². The Labute approximate surface area is 130 Å². The zero-order valence-corrected chi connectivity index (χ0v) is 13.6. The molecule has 2 N–H and O–H groups in total. The molecule has 2 amide bonds. The van der Waals surface area contributed by atoms with Gasteiger partial charge in [-0.05, 0) is 43.7 Å². The van der Waals surface area contributed by atoms with Crippen LogP contribution in [0, 0.1) is 5.92 Å². The van der Waals surface area contributed by atoms with E-state index < -0.39 is 0 Å². The van der Waals surface area contributed by atoms with E-state index in [1.54, 1.807) is 11.3 Å². The number of rotatable bonds is 3. The Balaban J connectivity index is 1.96. The van der Waals surface area contributed by atoms with E-state index in [1.165, 1.54) is 36.1 Å². The fraction of sp³-hybridized carbons (Fsp3) is 0.625. The van der Waals surface area contributed by atoms with Crippen molar-refractivity contribution < 1.29 is 9.59 Å². The third-order valence-electron chi connectivity index (χ3n) is 4.08. The van der Waals surface area contributed by atoms with E-state index in [4.69, 9.17) is 0 Å². The lowest BCUT2D eigenvalue weighted by Gasteiger charge is -2.10. The highest BCUT2D eigenvalue weighted by molar-refractivity contribution is 7.14. The molecular formula is C16H24N2O2S. The molecule has 2 rings (SSSR count). The molecule has 0 aliphatic heterocycles. The second kappa shape index (κ2) is 7.59. The van der Waals surface area contributed by atoms with Crippen molar-refractivity contribution >= 4 is 23.2 Å². The Morgan fingerprint density at radius 2 is 1.90 bits per heavy atom. The lowest BCUT2D eigenvalue weighted by atomic mass is 10.00. The standard InChI is InChI=1S/C16H24N2O2S/c1-3-11(2)15(19)17-18-16(20)14-10-12-8-6-4-5-7-9-13(12)21-14/h10-11H,3-9H2,1-2H3,(H,17,19)(H,18,20). The molecule has 4 nitrogen and oxygen atoms in total. The normalized spacial score (nSPS) is 16.3. The van der Waals surface area contributed by atoms with E-state index in [2.05, 4.69) is 10.9 Å². The highest BCUT2D eigenvalue weighted by Crippen LogP contribution is 2.28.